The molecule has 0 saturated carbocycles. The van der Waals surface area contributed by atoms with Gasteiger partial charge in [-0.25, -0.2) is 0 Å². The van der Waals surface area contributed by atoms with Crippen molar-refractivity contribution in [2.24, 2.45) is 5.92 Å². The van der Waals surface area contributed by atoms with Gasteiger partial charge < -0.3 is 0 Å². The molecule has 1 unspecified atom stereocenters. The summed E-state index contributed by atoms with van der Waals surface area (Å²) in [6.45, 7) is 10.8. The van der Waals surface area contributed by atoms with Crippen molar-refractivity contribution in [3.8, 4) is 0 Å². The van der Waals surface area contributed by atoms with Crippen LogP contribution in [0.5, 0.6) is 0 Å². The summed E-state index contributed by atoms with van der Waals surface area (Å²) in [4.78, 5) is 2.18. The van der Waals surface area contributed by atoms with Crippen molar-refractivity contribution in [2.75, 3.05) is 0 Å². The van der Waals surface area contributed by atoms with Crippen LogP contribution in [-0.4, -0.2) is 19.8 Å². The Labute approximate surface area is 71.4 Å². The topological polar surface area (TPSA) is 0 Å². The average molecular weight is 200 g/mol. The summed E-state index contributed by atoms with van der Waals surface area (Å²) >= 11 is -0.0713. The molecule has 0 aromatic heterocycles. The normalized spacial score (nSPS) is 14.9. The van der Waals surface area contributed by atoms with E-state index in [1.807, 2.05) is 0 Å². The first-order chi connectivity index (χ1) is 4.66. The molecule has 0 amide bonds. The van der Waals surface area contributed by atoms with E-state index in [0.717, 1.165) is 10.7 Å². The van der Waals surface area contributed by atoms with Gasteiger partial charge in [0.15, 0.2) is 0 Å². The molecule has 0 bridgehead atoms. The van der Waals surface area contributed by atoms with E-state index in [0.29, 0.717) is 0 Å². The van der Waals surface area contributed by atoms with E-state index < -0.39 is 0 Å². The van der Waals surface area contributed by atoms with Crippen LogP contribution in [0.2, 0.25) is 4.75 Å². The van der Waals surface area contributed by atoms with Gasteiger partial charge in [-0.1, -0.05) is 0 Å². The quantitative estimate of drug-likeness (QED) is 0.610. The predicted octanol–water partition coefficient (Wildman–Crippen LogP) is 2.30. The second-order valence-electron chi connectivity index (χ2n) is 3.38. The van der Waals surface area contributed by atoms with Crippen LogP contribution in [-0.2, 0) is 0 Å². The molecule has 10 heavy (non-hydrogen) atoms. The number of hydrogen-bond acceptors (Lipinski definition) is 0. The first kappa shape index (κ1) is 10.4. The predicted molar refractivity (Wildman–Crippen MR) is 52.1 cm³/mol. The van der Waals surface area contributed by atoms with E-state index in [1.165, 1.54) is 12.8 Å². The summed E-state index contributed by atoms with van der Waals surface area (Å²) in [7, 11) is 0. The standard InChI is InChI=1S/C9H19Ge/c1-5-10-9(4)7-6-8(2)3/h5,8-10H,1,6-7H2,2-4H3. The van der Waals surface area contributed by atoms with Gasteiger partial charge in [-0.05, 0) is 0 Å². The molecule has 0 saturated heterocycles. The molecule has 1 heteroatoms. The molecule has 0 aromatic carbocycles. The molecule has 0 aromatic rings. The molecule has 0 nitrogen and oxygen atoms in total. The third kappa shape index (κ3) is 6.53. The Hall–Kier alpha value is 0.413. The van der Waals surface area contributed by atoms with Crippen molar-refractivity contribution in [1.29, 1.82) is 0 Å². The molecule has 0 rings (SSSR count). The van der Waals surface area contributed by atoms with E-state index in [4.69, 9.17) is 0 Å². The minimum absolute atomic E-state index is 0.0713. The first-order valence-corrected chi connectivity index (χ1v) is 6.92. The zero-order valence-electron chi connectivity index (χ0n) is 7.43. The van der Waals surface area contributed by atoms with Crippen molar-refractivity contribution in [3.05, 3.63) is 6.92 Å². The summed E-state index contributed by atoms with van der Waals surface area (Å²) in [6.07, 6.45) is 2.82. The molecule has 0 spiro atoms. The van der Waals surface area contributed by atoms with Crippen LogP contribution in [0.15, 0.2) is 0 Å². The molecule has 0 N–H and O–H groups in total. The molecule has 0 aliphatic heterocycles. The number of rotatable bonds is 4. The van der Waals surface area contributed by atoms with Gasteiger partial charge in [-0.2, -0.15) is 0 Å². The number of hydrogen-bond donors (Lipinski definition) is 0. The van der Waals surface area contributed by atoms with Crippen LogP contribution in [0.25, 0.3) is 0 Å². The van der Waals surface area contributed by atoms with Gasteiger partial charge in [0.05, 0.1) is 0 Å². The Kier molecular flexibility index (Phi) is 6.40. The maximum absolute atomic E-state index is 3.80. The second kappa shape index (κ2) is 6.14. The summed E-state index contributed by atoms with van der Waals surface area (Å²) in [5, 5.41) is 0. The van der Waals surface area contributed by atoms with E-state index in [9.17, 15) is 0 Å². The van der Waals surface area contributed by atoms with E-state index in [-0.39, 0.29) is 15.0 Å². The monoisotopic (exact) mass is 201 g/mol. The van der Waals surface area contributed by atoms with Crippen molar-refractivity contribution in [1.82, 2.24) is 0 Å². The van der Waals surface area contributed by atoms with Crippen LogP contribution in [0.1, 0.15) is 33.6 Å². The molecule has 0 heterocycles. The van der Waals surface area contributed by atoms with E-state index in [2.05, 4.69) is 32.5 Å². The van der Waals surface area contributed by atoms with Gasteiger partial charge in [0.25, 0.3) is 0 Å². The summed E-state index contributed by atoms with van der Waals surface area (Å²) in [5.74, 6) is 0.879. The first-order valence-electron chi connectivity index (χ1n) is 4.12. The molecule has 59 valence electrons. The Balaban J connectivity index is 3.30. The van der Waals surface area contributed by atoms with Crippen molar-refractivity contribution >= 4 is 19.8 Å². The van der Waals surface area contributed by atoms with Gasteiger partial charge in [-0.3, -0.25) is 0 Å². The average Bonchev–Trinajstić information content (AvgIpc) is 1.85. The third-order valence-corrected chi connectivity index (χ3v) is 4.31. The summed E-state index contributed by atoms with van der Waals surface area (Å²) in [5.41, 5.74) is 0. The Morgan fingerprint density at radius 1 is 1.30 bits per heavy atom. The maximum atomic E-state index is 3.80. The van der Waals surface area contributed by atoms with Crippen LogP contribution in [0.4, 0.5) is 0 Å². The third-order valence-electron chi connectivity index (χ3n) is 1.66. The zero-order valence-corrected chi connectivity index (χ0v) is 9.85. The van der Waals surface area contributed by atoms with Crippen LogP contribution < -0.4 is 0 Å². The van der Waals surface area contributed by atoms with Crippen molar-refractivity contribution in [2.45, 2.75) is 38.4 Å². The van der Waals surface area contributed by atoms with Gasteiger partial charge in [0.1, 0.15) is 0 Å². The molecule has 1 atom stereocenters. The second-order valence-corrected chi connectivity index (χ2v) is 7.56. The van der Waals surface area contributed by atoms with E-state index >= 15 is 0 Å². The fourth-order valence-corrected chi connectivity index (χ4v) is 2.71. The van der Waals surface area contributed by atoms with Gasteiger partial charge in [0, 0.05) is 0 Å². The van der Waals surface area contributed by atoms with Crippen LogP contribution in [0.3, 0.4) is 0 Å². The Morgan fingerprint density at radius 2 is 1.90 bits per heavy atom. The molecule has 1 radical (unpaired) electrons. The zero-order chi connectivity index (χ0) is 7.98. The minimum atomic E-state index is -0.0713. The summed E-state index contributed by atoms with van der Waals surface area (Å²) < 4.78 is 0.989. The van der Waals surface area contributed by atoms with E-state index in [1.54, 1.807) is 0 Å². The van der Waals surface area contributed by atoms with Gasteiger partial charge in [-0.15, -0.1) is 0 Å². The van der Waals surface area contributed by atoms with Crippen molar-refractivity contribution in [3.63, 3.8) is 0 Å². The van der Waals surface area contributed by atoms with Gasteiger partial charge in [0.2, 0.25) is 0 Å². The van der Waals surface area contributed by atoms with Crippen LogP contribution >= 0.6 is 0 Å². The molecule has 0 fully saturated rings. The fraction of sp³-hybridized carbons (Fsp3) is 0.778. The van der Waals surface area contributed by atoms with Gasteiger partial charge >= 0.3 is 71.0 Å². The fourth-order valence-electron chi connectivity index (χ4n) is 0.925. The Bertz CT molecular complexity index is 94.9. The van der Waals surface area contributed by atoms with Crippen LogP contribution in [0, 0.1) is 12.8 Å². The molecular formula is C9H19Ge. The molecule has 0 aliphatic rings. The SMILES string of the molecule is [CH2][CH]=[GeH][CH](C)CCC(C)C. The summed E-state index contributed by atoms with van der Waals surface area (Å²) in [6, 6.07) is 0. The Morgan fingerprint density at radius 3 is 2.30 bits per heavy atom. The van der Waals surface area contributed by atoms with Crippen molar-refractivity contribution < 1.29 is 0 Å². The molecular weight excluding hydrogens is 181 g/mol. The molecule has 0 aliphatic carbocycles.